The van der Waals surface area contributed by atoms with Crippen molar-refractivity contribution in [2.45, 2.75) is 74.8 Å². The largest absolute Gasteiger partial charge is 0.522 e. The Balaban J connectivity index is 1.07. The van der Waals surface area contributed by atoms with Crippen molar-refractivity contribution in [1.82, 2.24) is 15.5 Å². The van der Waals surface area contributed by atoms with Gasteiger partial charge in [-0.15, -0.1) is 23.4 Å². The number of carbonyl (C=O) groups excluding carboxylic acids is 1. The van der Waals surface area contributed by atoms with Crippen LogP contribution in [-0.2, 0) is 19.7 Å². The minimum atomic E-state index is -4.61. The van der Waals surface area contributed by atoms with Crippen LogP contribution in [0.5, 0.6) is 0 Å². The highest BCUT2D eigenvalue weighted by molar-refractivity contribution is 5.79. The molecule has 0 radical (unpaired) electrons. The second-order valence-electron chi connectivity index (χ2n) is 9.45. The molecule has 1 aromatic rings. The third-order valence-corrected chi connectivity index (χ3v) is 6.81. The first-order valence-corrected chi connectivity index (χ1v) is 10.1. The summed E-state index contributed by atoms with van der Waals surface area (Å²) in [6.07, 6.45) is 0.442. The Hall–Kier alpha value is -1.68. The zero-order valence-corrected chi connectivity index (χ0v) is 16.1. The molecule has 5 saturated carbocycles. The maximum absolute atomic E-state index is 12.1. The van der Waals surface area contributed by atoms with E-state index in [0.29, 0.717) is 24.1 Å². The van der Waals surface area contributed by atoms with Crippen molar-refractivity contribution in [2.24, 2.45) is 11.8 Å². The van der Waals surface area contributed by atoms with E-state index in [0.717, 1.165) is 32.1 Å². The van der Waals surface area contributed by atoms with E-state index < -0.39 is 6.36 Å². The Morgan fingerprint density at radius 2 is 1.97 bits per heavy atom. The van der Waals surface area contributed by atoms with Gasteiger partial charge in [-0.1, -0.05) is 6.92 Å². The van der Waals surface area contributed by atoms with Crippen LogP contribution < -0.4 is 5.32 Å². The lowest BCUT2D eigenvalue weighted by Crippen LogP contribution is -2.77. The summed E-state index contributed by atoms with van der Waals surface area (Å²) >= 11 is 0. The smallest absolute Gasteiger partial charge is 0.424 e. The van der Waals surface area contributed by atoms with E-state index in [4.69, 9.17) is 9.15 Å². The lowest BCUT2D eigenvalue weighted by Gasteiger charge is -2.68. The summed E-state index contributed by atoms with van der Waals surface area (Å²) in [5, 5.41) is 11.2. The predicted molar refractivity (Wildman–Crippen MR) is 91.7 cm³/mol. The molecule has 5 fully saturated rings. The first kappa shape index (κ1) is 19.3. The van der Waals surface area contributed by atoms with Crippen LogP contribution in [0.1, 0.15) is 63.1 Å². The van der Waals surface area contributed by atoms with Gasteiger partial charge in [0.2, 0.25) is 17.7 Å². The SMILES string of the molecule is CC1CC(OCC(=O)NC23CC(c4nnc([C@@H]5C[C@@H]5COC(F)(F)F)o4)(C2)C3)C1. The Bertz CT molecular complexity index is 785. The van der Waals surface area contributed by atoms with Crippen molar-refractivity contribution in [1.29, 1.82) is 0 Å². The average molecular weight is 415 g/mol. The van der Waals surface area contributed by atoms with Gasteiger partial charge in [0.15, 0.2) is 0 Å². The van der Waals surface area contributed by atoms with Gasteiger partial charge in [0.1, 0.15) is 6.61 Å². The zero-order valence-electron chi connectivity index (χ0n) is 16.1. The second-order valence-corrected chi connectivity index (χ2v) is 9.45. The molecule has 160 valence electrons. The van der Waals surface area contributed by atoms with Crippen LogP contribution >= 0.6 is 0 Å². The van der Waals surface area contributed by atoms with Crippen molar-refractivity contribution in [3.05, 3.63) is 11.8 Å². The molecule has 0 unspecified atom stereocenters. The molecular weight excluding hydrogens is 391 g/mol. The van der Waals surface area contributed by atoms with Gasteiger partial charge in [-0.3, -0.25) is 9.53 Å². The van der Waals surface area contributed by atoms with E-state index in [1.165, 1.54) is 0 Å². The van der Waals surface area contributed by atoms with Gasteiger partial charge in [-0.05, 0) is 50.4 Å². The maximum Gasteiger partial charge on any atom is 0.522 e. The first-order chi connectivity index (χ1) is 13.7. The summed E-state index contributed by atoms with van der Waals surface area (Å²) in [4.78, 5) is 12.1. The van der Waals surface area contributed by atoms with Gasteiger partial charge < -0.3 is 14.5 Å². The number of nitrogens with one attached hydrogen (secondary N) is 1. The molecule has 1 aromatic heterocycles. The Kier molecular flexibility index (Phi) is 4.26. The third kappa shape index (κ3) is 3.65. The quantitative estimate of drug-likeness (QED) is 0.703. The number of aromatic nitrogens is 2. The number of rotatable bonds is 8. The van der Waals surface area contributed by atoms with Crippen LogP contribution in [0.15, 0.2) is 4.42 Å². The minimum Gasteiger partial charge on any atom is -0.424 e. The van der Waals surface area contributed by atoms with E-state index in [-0.39, 0.29) is 48.0 Å². The van der Waals surface area contributed by atoms with E-state index in [2.05, 4.69) is 27.2 Å². The predicted octanol–water partition coefficient (Wildman–Crippen LogP) is 2.81. The van der Waals surface area contributed by atoms with Crippen molar-refractivity contribution in [2.75, 3.05) is 13.2 Å². The summed E-state index contributed by atoms with van der Waals surface area (Å²) in [7, 11) is 0. The van der Waals surface area contributed by atoms with Crippen LogP contribution in [0.4, 0.5) is 13.2 Å². The highest BCUT2D eigenvalue weighted by Crippen LogP contribution is 2.67. The number of halogens is 3. The highest BCUT2D eigenvalue weighted by Gasteiger charge is 2.72. The van der Waals surface area contributed by atoms with Gasteiger partial charge in [0, 0.05) is 11.5 Å². The van der Waals surface area contributed by atoms with Crippen molar-refractivity contribution < 1.29 is 31.9 Å². The molecule has 7 nitrogen and oxygen atoms in total. The van der Waals surface area contributed by atoms with Crippen molar-refractivity contribution >= 4 is 5.91 Å². The number of carbonyl (C=O) groups is 1. The minimum absolute atomic E-state index is 0.0884. The van der Waals surface area contributed by atoms with Crippen molar-refractivity contribution in [3.63, 3.8) is 0 Å². The van der Waals surface area contributed by atoms with Gasteiger partial charge in [-0.25, -0.2) is 0 Å². The van der Waals surface area contributed by atoms with Gasteiger partial charge in [0.25, 0.3) is 0 Å². The molecule has 0 saturated heterocycles. The normalized spacial score (nSPS) is 39.9. The molecule has 5 aliphatic carbocycles. The molecule has 10 heteroatoms. The fourth-order valence-corrected chi connectivity index (χ4v) is 5.17. The summed E-state index contributed by atoms with van der Waals surface area (Å²) in [5.74, 6) is 1.12. The number of hydrogen-bond donors (Lipinski definition) is 1. The monoisotopic (exact) mass is 415 g/mol. The fraction of sp³-hybridized carbons (Fsp3) is 0.842. The topological polar surface area (TPSA) is 86.5 Å². The number of hydrogen-bond acceptors (Lipinski definition) is 6. The molecular formula is C19H24F3N3O4. The molecule has 29 heavy (non-hydrogen) atoms. The fourth-order valence-electron chi connectivity index (χ4n) is 5.17. The van der Waals surface area contributed by atoms with Crippen molar-refractivity contribution in [3.8, 4) is 0 Å². The molecule has 1 heterocycles. The molecule has 1 N–H and O–H groups in total. The number of ether oxygens (including phenoxy) is 2. The molecule has 2 atom stereocenters. The van der Waals surface area contributed by atoms with Crippen LogP contribution in [0.2, 0.25) is 0 Å². The Morgan fingerprint density at radius 1 is 1.24 bits per heavy atom. The van der Waals surface area contributed by atoms with E-state index in [1.807, 2.05) is 0 Å². The van der Waals surface area contributed by atoms with E-state index in [1.54, 1.807) is 0 Å². The first-order valence-electron chi connectivity index (χ1n) is 10.1. The molecule has 0 spiro atoms. The molecule has 2 bridgehead atoms. The summed E-state index contributed by atoms with van der Waals surface area (Å²) < 4.78 is 51.7. The molecule has 1 amide bonds. The third-order valence-electron chi connectivity index (χ3n) is 6.81. The lowest BCUT2D eigenvalue weighted by molar-refractivity contribution is -0.326. The van der Waals surface area contributed by atoms with Crippen LogP contribution in [-0.4, -0.2) is 47.3 Å². The van der Waals surface area contributed by atoms with Gasteiger partial charge in [-0.2, -0.15) is 0 Å². The Labute approximate surface area is 165 Å². The Morgan fingerprint density at radius 3 is 2.62 bits per heavy atom. The van der Waals surface area contributed by atoms with Gasteiger partial charge >= 0.3 is 6.36 Å². The van der Waals surface area contributed by atoms with Gasteiger partial charge in [0.05, 0.1) is 18.1 Å². The summed E-state index contributed by atoms with van der Waals surface area (Å²) in [6, 6.07) is 0. The lowest BCUT2D eigenvalue weighted by atomic mass is 9.39. The highest BCUT2D eigenvalue weighted by atomic mass is 19.4. The zero-order chi connectivity index (χ0) is 20.4. The summed E-state index contributed by atoms with van der Waals surface area (Å²) in [6.45, 7) is 1.89. The van der Waals surface area contributed by atoms with Crippen LogP contribution in [0.3, 0.4) is 0 Å². The van der Waals surface area contributed by atoms with Crippen LogP contribution in [0.25, 0.3) is 0 Å². The van der Waals surface area contributed by atoms with E-state index in [9.17, 15) is 18.0 Å². The molecule has 6 rings (SSSR count). The number of amides is 1. The standard InChI is InChI=1S/C19H24F3N3O4/c1-10-2-12(3-10)27-6-14(26)23-18-7-17(8-18,9-18)16-25-24-15(29-16)13-4-11(13)5-28-19(20,21)22/h10-13H,2-9H2,1H3,(H,23,26)/t10?,11-,12?,13-,17?,18?/m1/s1. The molecule has 0 aliphatic heterocycles. The maximum atomic E-state index is 12.1. The van der Waals surface area contributed by atoms with E-state index >= 15 is 0 Å². The summed E-state index contributed by atoms with van der Waals surface area (Å²) in [5.41, 5.74) is -0.402. The average Bonchev–Trinajstić information content (AvgIpc) is 3.17. The second kappa shape index (κ2) is 6.41. The van der Waals surface area contributed by atoms with Crippen LogP contribution in [0, 0.1) is 11.8 Å². The molecule has 0 aromatic carbocycles. The number of nitrogens with zero attached hydrogens (tertiary/aromatic N) is 2. The number of alkyl halides is 3. The molecule has 5 aliphatic rings.